The third-order valence-corrected chi connectivity index (χ3v) is 2.54. The van der Waals surface area contributed by atoms with E-state index < -0.39 is 5.97 Å². The fourth-order valence-corrected chi connectivity index (χ4v) is 1.60. The summed E-state index contributed by atoms with van der Waals surface area (Å²) >= 11 is 0. The molecule has 3 nitrogen and oxygen atoms in total. The summed E-state index contributed by atoms with van der Waals surface area (Å²) in [6.07, 6.45) is 0. The number of rotatable bonds is 2. The van der Waals surface area contributed by atoms with Crippen LogP contribution >= 0.6 is 21.7 Å². The molecular weight excluding hydrogens is 212 g/mol. The molecule has 13 heavy (non-hydrogen) atoms. The lowest BCUT2D eigenvalue weighted by molar-refractivity contribution is 0.0693. The van der Waals surface area contributed by atoms with Crippen LogP contribution in [-0.2, 0) is 0 Å². The van der Waals surface area contributed by atoms with Crippen molar-refractivity contribution in [2.45, 2.75) is 11.8 Å². The van der Waals surface area contributed by atoms with E-state index >= 15 is 0 Å². The first-order valence-corrected chi connectivity index (χ1v) is 5.06. The summed E-state index contributed by atoms with van der Waals surface area (Å²) in [7, 11) is 6.39. The Balaban J connectivity index is 3.33. The molecule has 0 aliphatic rings. The first kappa shape index (κ1) is 10.2. The SMILES string of the molecule is Cc1cc(SCl)cc(C(=O)O)c1O. The van der Waals surface area contributed by atoms with Gasteiger partial charge in [0.25, 0.3) is 0 Å². The third-order valence-electron chi connectivity index (χ3n) is 1.59. The number of phenols is 1. The molecule has 5 heteroatoms. The monoisotopic (exact) mass is 218 g/mol. The van der Waals surface area contributed by atoms with Crippen LogP contribution in [0.15, 0.2) is 17.0 Å². The van der Waals surface area contributed by atoms with E-state index in [9.17, 15) is 9.90 Å². The largest absolute Gasteiger partial charge is 0.507 e. The summed E-state index contributed by atoms with van der Waals surface area (Å²) in [5, 5.41) is 18.1. The highest BCUT2D eigenvalue weighted by atomic mass is 35.7. The molecule has 1 aromatic carbocycles. The van der Waals surface area contributed by atoms with Gasteiger partial charge in [0.15, 0.2) is 0 Å². The van der Waals surface area contributed by atoms with Crippen LogP contribution < -0.4 is 0 Å². The van der Waals surface area contributed by atoms with E-state index in [0.717, 1.165) is 11.0 Å². The van der Waals surface area contributed by atoms with Gasteiger partial charge in [0.1, 0.15) is 11.3 Å². The molecule has 0 aliphatic heterocycles. The zero-order chi connectivity index (χ0) is 10.0. The van der Waals surface area contributed by atoms with Crippen molar-refractivity contribution in [1.82, 2.24) is 0 Å². The van der Waals surface area contributed by atoms with E-state index in [1.54, 1.807) is 13.0 Å². The molecule has 0 saturated heterocycles. The molecule has 0 bridgehead atoms. The zero-order valence-electron chi connectivity index (χ0n) is 6.74. The highest BCUT2D eigenvalue weighted by Gasteiger charge is 2.13. The van der Waals surface area contributed by atoms with Crippen LogP contribution in [0.3, 0.4) is 0 Å². The topological polar surface area (TPSA) is 57.5 Å². The van der Waals surface area contributed by atoms with Gasteiger partial charge in [0, 0.05) is 4.90 Å². The summed E-state index contributed by atoms with van der Waals surface area (Å²) < 4.78 is 0. The van der Waals surface area contributed by atoms with Crippen molar-refractivity contribution in [3.05, 3.63) is 23.3 Å². The summed E-state index contributed by atoms with van der Waals surface area (Å²) in [6, 6.07) is 2.96. The second kappa shape index (κ2) is 3.89. The van der Waals surface area contributed by atoms with Gasteiger partial charge in [-0.2, -0.15) is 0 Å². The van der Waals surface area contributed by atoms with Crippen LogP contribution in [0.25, 0.3) is 0 Å². The van der Waals surface area contributed by atoms with Gasteiger partial charge in [0.2, 0.25) is 0 Å². The Hall–Kier alpha value is -0.870. The standard InChI is InChI=1S/C8H7ClO3S/c1-4-2-5(13-9)3-6(7(4)10)8(11)12/h2-3,10H,1H3,(H,11,12). The number of hydrogen-bond acceptors (Lipinski definition) is 3. The second-order valence-electron chi connectivity index (χ2n) is 2.52. The Bertz CT molecular complexity index is 351. The average molecular weight is 219 g/mol. The number of carboxylic acid groups (broad SMARTS) is 1. The number of carbonyl (C=O) groups is 1. The molecule has 2 N–H and O–H groups in total. The number of aryl methyl sites for hydroxylation is 1. The molecule has 1 aromatic rings. The molecule has 0 radical (unpaired) electrons. The Morgan fingerprint density at radius 2 is 2.15 bits per heavy atom. The third kappa shape index (κ3) is 2.08. The van der Waals surface area contributed by atoms with Crippen LogP contribution in [-0.4, -0.2) is 16.2 Å². The van der Waals surface area contributed by atoms with Gasteiger partial charge in [-0.3, -0.25) is 0 Å². The number of carboxylic acids is 1. The van der Waals surface area contributed by atoms with E-state index in [-0.39, 0.29) is 11.3 Å². The lowest BCUT2D eigenvalue weighted by atomic mass is 10.1. The van der Waals surface area contributed by atoms with Gasteiger partial charge in [0.05, 0.1) is 0 Å². The Kier molecular flexibility index (Phi) is 3.06. The number of aromatic hydroxyl groups is 1. The van der Waals surface area contributed by atoms with Crippen molar-refractivity contribution in [3.63, 3.8) is 0 Å². The summed E-state index contributed by atoms with van der Waals surface area (Å²) in [5.41, 5.74) is 0.381. The van der Waals surface area contributed by atoms with Crippen molar-refractivity contribution in [3.8, 4) is 5.75 Å². The highest BCUT2D eigenvalue weighted by Crippen LogP contribution is 2.30. The molecular formula is C8H7ClO3S. The van der Waals surface area contributed by atoms with Crippen LogP contribution in [0.1, 0.15) is 15.9 Å². The fraction of sp³-hybridized carbons (Fsp3) is 0.125. The molecule has 0 spiro atoms. The van der Waals surface area contributed by atoms with Gasteiger partial charge in [-0.15, -0.1) is 0 Å². The van der Waals surface area contributed by atoms with Gasteiger partial charge in [-0.1, -0.05) is 0 Å². The first-order chi connectivity index (χ1) is 6.06. The molecule has 0 aliphatic carbocycles. The minimum absolute atomic E-state index is 0.122. The molecule has 0 fully saturated rings. The average Bonchev–Trinajstić information content (AvgIpc) is 2.09. The first-order valence-electron chi connectivity index (χ1n) is 3.41. The van der Waals surface area contributed by atoms with E-state index in [0.29, 0.717) is 10.5 Å². The van der Waals surface area contributed by atoms with E-state index in [1.807, 2.05) is 0 Å². The Morgan fingerprint density at radius 3 is 2.62 bits per heavy atom. The number of halogens is 1. The highest BCUT2D eigenvalue weighted by molar-refractivity contribution is 8.21. The minimum Gasteiger partial charge on any atom is -0.507 e. The van der Waals surface area contributed by atoms with Crippen LogP contribution in [0.2, 0.25) is 0 Å². The second-order valence-corrected chi connectivity index (χ2v) is 3.61. The number of benzene rings is 1. The molecule has 0 unspecified atom stereocenters. The molecule has 0 atom stereocenters. The van der Waals surface area contributed by atoms with Crippen molar-refractivity contribution < 1.29 is 15.0 Å². The molecule has 1 rings (SSSR count). The minimum atomic E-state index is -1.16. The molecule has 0 aromatic heterocycles. The van der Waals surface area contributed by atoms with E-state index in [1.165, 1.54) is 6.07 Å². The number of aromatic carboxylic acids is 1. The summed E-state index contributed by atoms with van der Waals surface area (Å²) in [4.78, 5) is 11.2. The fourth-order valence-electron chi connectivity index (χ4n) is 0.954. The van der Waals surface area contributed by atoms with Crippen molar-refractivity contribution in [1.29, 1.82) is 0 Å². The van der Waals surface area contributed by atoms with Gasteiger partial charge < -0.3 is 10.2 Å². The smallest absolute Gasteiger partial charge is 0.339 e. The van der Waals surface area contributed by atoms with Crippen molar-refractivity contribution >= 4 is 27.6 Å². The Labute approximate surface area is 83.8 Å². The normalized spacial score (nSPS) is 10.0. The molecule has 0 heterocycles. The van der Waals surface area contributed by atoms with Gasteiger partial charge >= 0.3 is 5.97 Å². The maximum absolute atomic E-state index is 10.6. The zero-order valence-corrected chi connectivity index (χ0v) is 8.32. The van der Waals surface area contributed by atoms with E-state index in [2.05, 4.69) is 0 Å². The summed E-state index contributed by atoms with van der Waals surface area (Å²) in [6.45, 7) is 1.62. The lowest BCUT2D eigenvalue weighted by Crippen LogP contribution is -1.98. The van der Waals surface area contributed by atoms with Crippen LogP contribution in [0.5, 0.6) is 5.75 Å². The van der Waals surface area contributed by atoms with E-state index in [4.69, 9.17) is 15.8 Å². The van der Waals surface area contributed by atoms with Crippen LogP contribution in [0, 0.1) is 6.92 Å². The predicted octanol–water partition coefficient (Wildman–Crippen LogP) is 2.64. The maximum Gasteiger partial charge on any atom is 0.339 e. The maximum atomic E-state index is 10.6. The predicted molar refractivity (Wildman–Crippen MR) is 51.5 cm³/mol. The molecule has 70 valence electrons. The van der Waals surface area contributed by atoms with Crippen molar-refractivity contribution in [2.75, 3.05) is 0 Å². The number of hydrogen-bond donors (Lipinski definition) is 2. The van der Waals surface area contributed by atoms with Gasteiger partial charge in [-0.05, 0) is 46.3 Å². The summed E-state index contributed by atoms with van der Waals surface area (Å²) in [5.74, 6) is -1.37. The Morgan fingerprint density at radius 1 is 1.54 bits per heavy atom. The van der Waals surface area contributed by atoms with Crippen molar-refractivity contribution in [2.24, 2.45) is 0 Å². The van der Waals surface area contributed by atoms with Crippen LogP contribution in [0.4, 0.5) is 0 Å². The quantitative estimate of drug-likeness (QED) is 0.801. The molecule has 0 amide bonds. The lowest BCUT2D eigenvalue weighted by Gasteiger charge is -2.04. The van der Waals surface area contributed by atoms with Gasteiger partial charge in [-0.25, -0.2) is 4.79 Å². The molecule has 0 saturated carbocycles.